The van der Waals surface area contributed by atoms with Crippen LogP contribution >= 0.6 is 11.8 Å². The number of para-hydroxylation sites is 1. The topological polar surface area (TPSA) is 21.3 Å². The first-order valence-corrected chi connectivity index (χ1v) is 7.25. The number of rotatable bonds is 8. The van der Waals surface area contributed by atoms with Crippen LogP contribution in [0, 0.1) is 5.92 Å². The van der Waals surface area contributed by atoms with Crippen LogP contribution in [-0.4, -0.2) is 25.2 Å². The number of ether oxygens (including phenoxy) is 1. The van der Waals surface area contributed by atoms with E-state index in [4.69, 9.17) is 0 Å². The molecule has 5 heteroatoms. The van der Waals surface area contributed by atoms with E-state index in [1.165, 1.54) is 0 Å². The highest BCUT2D eigenvalue weighted by Gasteiger charge is 2.09. The third-order valence-electron chi connectivity index (χ3n) is 2.45. The van der Waals surface area contributed by atoms with Crippen molar-refractivity contribution < 1.29 is 13.5 Å². The van der Waals surface area contributed by atoms with Crippen LogP contribution in [0.5, 0.6) is 5.75 Å². The quantitative estimate of drug-likeness (QED) is 0.786. The minimum atomic E-state index is -2.78. The van der Waals surface area contributed by atoms with Crippen molar-refractivity contribution in [3.63, 3.8) is 0 Å². The third kappa shape index (κ3) is 5.69. The molecule has 0 aromatic heterocycles. The number of benzene rings is 1. The summed E-state index contributed by atoms with van der Waals surface area (Å²) in [5, 5.41) is 3.26. The van der Waals surface area contributed by atoms with E-state index in [9.17, 15) is 8.78 Å². The van der Waals surface area contributed by atoms with Crippen LogP contribution in [0.3, 0.4) is 0 Å². The Balaban J connectivity index is 2.46. The van der Waals surface area contributed by atoms with Crippen LogP contribution in [0.1, 0.15) is 12.5 Å². The Labute approximate surface area is 111 Å². The fourth-order valence-corrected chi connectivity index (χ4v) is 2.34. The van der Waals surface area contributed by atoms with E-state index in [0.717, 1.165) is 17.9 Å². The molecule has 0 fully saturated rings. The highest BCUT2D eigenvalue weighted by atomic mass is 32.2. The molecule has 0 saturated heterocycles. The number of hydrogen-bond acceptors (Lipinski definition) is 3. The van der Waals surface area contributed by atoms with Gasteiger partial charge in [0.2, 0.25) is 0 Å². The summed E-state index contributed by atoms with van der Waals surface area (Å²) in [5.74, 6) is 1.89. The summed E-state index contributed by atoms with van der Waals surface area (Å²) in [4.78, 5) is 0. The summed E-state index contributed by atoms with van der Waals surface area (Å²) >= 11 is 1.80. The lowest BCUT2D eigenvalue weighted by Gasteiger charge is -2.13. The molecular weight excluding hydrogens is 256 g/mol. The highest BCUT2D eigenvalue weighted by molar-refractivity contribution is 7.98. The molecule has 1 atom stereocenters. The van der Waals surface area contributed by atoms with Gasteiger partial charge in [0.15, 0.2) is 0 Å². The molecule has 0 heterocycles. The Hall–Kier alpha value is -0.810. The third-order valence-corrected chi connectivity index (χ3v) is 3.35. The number of thioether (sulfide) groups is 1. The highest BCUT2D eigenvalue weighted by Crippen LogP contribution is 2.20. The second-order valence-corrected chi connectivity index (χ2v) is 5.09. The molecule has 0 bridgehead atoms. The molecule has 2 nitrogen and oxygen atoms in total. The molecule has 0 saturated carbocycles. The second kappa shape index (κ2) is 8.32. The standard InChI is InChI=1S/C13H19F2NOS/c1-10(9-18-2)7-16-8-11-5-3-4-6-12(11)17-13(14)15/h3-6,10,13,16H,7-9H2,1-2H3. The van der Waals surface area contributed by atoms with Gasteiger partial charge in [0.1, 0.15) is 5.75 Å². The molecule has 1 N–H and O–H groups in total. The number of hydrogen-bond donors (Lipinski definition) is 1. The van der Waals surface area contributed by atoms with Gasteiger partial charge >= 0.3 is 6.61 Å². The van der Waals surface area contributed by atoms with Crippen molar-refractivity contribution in [2.24, 2.45) is 5.92 Å². The maximum absolute atomic E-state index is 12.2. The summed E-state index contributed by atoms with van der Waals surface area (Å²) in [6.07, 6.45) is 2.07. The molecule has 18 heavy (non-hydrogen) atoms. The van der Waals surface area contributed by atoms with Crippen molar-refractivity contribution in [2.45, 2.75) is 20.1 Å². The molecule has 102 valence electrons. The number of nitrogens with one attached hydrogen (secondary N) is 1. The molecule has 0 amide bonds. The van der Waals surface area contributed by atoms with Gasteiger partial charge in [-0.15, -0.1) is 0 Å². The lowest BCUT2D eigenvalue weighted by Crippen LogP contribution is -2.22. The van der Waals surface area contributed by atoms with Gasteiger partial charge < -0.3 is 10.1 Å². The Morgan fingerprint density at radius 2 is 2.06 bits per heavy atom. The first kappa shape index (κ1) is 15.2. The predicted molar refractivity (Wildman–Crippen MR) is 72.3 cm³/mol. The Morgan fingerprint density at radius 1 is 1.33 bits per heavy atom. The van der Waals surface area contributed by atoms with Crippen LogP contribution in [-0.2, 0) is 6.54 Å². The molecule has 0 radical (unpaired) electrons. The van der Waals surface area contributed by atoms with Crippen LogP contribution in [0.15, 0.2) is 24.3 Å². The maximum atomic E-state index is 12.2. The van der Waals surface area contributed by atoms with Crippen LogP contribution in [0.4, 0.5) is 8.78 Å². The molecule has 1 aromatic carbocycles. The number of alkyl halides is 2. The summed E-state index contributed by atoms with van der Waals surface area (Å²) in [7, 11) is 0. The maximum Gasteiger partial charge on any atom is 0.387 e. The molecule has 1 unspecified atom stereocenters. The van der Waals surface area contributed by atoms with Crippen molar-refractivity contribution in [1.82, 2.24) is 5.32 Å². The second-order valence-electron chi connectivity index (χ2n) is 4.18. The predicted octanol–water partition coefficient (Wildman–Crippen LogP) is 3.38. The summed E-state index contributed by atoms with van der Waals surface area (Å²) in [5.41, 5.74) is 0.758. The fraction of sp³-hybridized carbons (Fsp3) is 0.538. The van der Waals surface area contributed by atoms with Gasteiger partial charge in [-0.3, -0.25) is 0 Å². The lowest BCUT2D eigenvalue weighted by molar-refractivity contribution is -0.0505. The first-order chi connectivity index (χ1) is 8.63. The van der Waals surface area contributed by atoms with Crippen LogP contribution < -0.4 is 10.1 Å². The van der Waals surface area contributed by atoms with E-state index in [0.29, 0.717) is 12.5 Å². The largest absolute Gasteiger partial charge is 0.434 e. The zero-order chi connectivity index (χ0) is 13.4. The van der Waals surface area contributed by atoms with E-state index in [2.05, 4.69) is 23.2 Å². The Bertz CT molecular complexity index is 350. The fourth-order valence-electron chi connectivity index (χ4n) is 1.66. The Kier molecular flexibility index (Phi) is 7.05. The van der Waals surface area contributed by atoms with Gasteiger partial charge in [0.05, 0.1) is 0 Å². The molecule has 0 spiro atoms. The van der Waals surface area contributed by atoms with Gasteiger partial charge in [-0.25, -0.2) is 0 Å². The van der Waals surface area contributed by atoms with E-state index in [-0.39, 0.29) is 5.75 Å². The van der Waals surface area contributed by atoms with Crippen LogP contribution in [0.2, 0.25) is 0 Å². The minimum Gasteiger partial charge on any atom is -0.434 e. The summed E-state index contributed by atoms with van der Waals surface area (Å²) in [6, 6.07) is 6.87. The molecule has 0 aliphatic carbocycles. The zero-order valence-electron chi connectivity index (χ0n) is 10.7. The van der Waals surface area contributed by atoms with E-state index in [1.807, 2.05) is 6.07 Å². The lowest BCUT2D eigenvalue weighted by atomic mass is 10.2. The molecule has 1 aromatic rings. The van der Waals surface area contributed by atoms with Gasteiger partial charge in [0, 0.05) is 12.1 Å². The van der Waals surface area contributed by atoms with Crippen molar-refractivity contribution in [3.8, 4) is 5.75 Å². The molecule has 0 aliphatic heterocycles. The average Bonchev–Trinajstić information content (AvgIpc) is 2.31. The van der Waals surface area contributed by atoms with Crippen molar-refractivity contribution in [1.29, 1.82) is 0 Å². The smallest absolute Gasteiger partial charge is 0.387 e. The summed E-state index contributed by atoms with van der Waals surface area (Å²) in [6.45, 7) is 0.790. The van der Waals surface area contributed by atoms with Crippen molar-refractivity contribution in [2.75, 3.05) is 18.6 Å². The van der Waals surface area contributed by atoms with Crippen molar-refractivity contribution >= 4 is 11.8 Å². The van der Waals surface area contributed by atoms with E-state index in [1.54, 1.807) is 30.0 Å². The van der Waals surface area contributed by atoms with Gasteiger partial charge in [-0.2, -0.15) is 20.5 Å². The monoisotopic (exact) mass is 275 g/mol. The summed E-state index contributed by atoms with van der Waals surface area (Å²) < 4.78 is 28.9. The first-order valence-electron chi connectivity index (χ1n) is 5.86. The molecular formula is C13H19F2NOS. The van der Waals surface area contributed by atoms with Crippen LogP contribution in [0.25, 0.3) is 0 Å². The molecule has 1 rings (SSSR count). The van der Waals surface area contributed by atoms with Crippen molar-refractivity contribution in [3.05, 3.63) is 29.8 Å². The van der Waals surface area contributed by atoms with E-state index < -0.39 is 6.61 Å². The SMILES string of the molecule is CSCC(C)CNCc1ccccc1OC(F)F. The van der Waals surface area contributed by atoms with Gasteiger partial charge in [-0.05, 0) is 30.5 Å². The van der Waals surface area contributed by atoms with E-state index >= 15 is 0 Å². The average molecular weight is 275 g/mol. The normalized spacial score (nSPS) is 12.7. The number of halogens is 2. The van der Waals surface area contributed by atoms with Gasteiger partial charge in [-0.1, -0.05) is 25.1 Å². The molecule has 0 aliphatic rings. The zero-order valence-corrected chi connectivity index (χ0v) is 11.5. The minimum absolute atomic E-state index is 0.248. The Morgan fingerprint density at radius 3 is 2.72 bits per heavy atom. The van der Waals surface area contributed by atoms with Gasteiger partial charge in [0.25, 0.3) is 0 Å².